The van der Waals surface area contributed by atoms with E-state index in [0.717, 1.165) is 45.3 Å². The smallest absolute Gasteiger partial charge is 0.220 e. The summed E-state index contributed by atoms with van der Waals surface area (Å²) in [7, 11) is 0. The van der Waals surface area contributed by atoms with Crippen LogP contribution in [0.5, 0.6) is 0 Å². The standard InChI is InChI=1S/C38H52N6O2/c1-23(2)19-39-35(45)17-31(25(5)6)37-41-21-33(43-37)29-13-9-27(10-14-29)28-11-15-30(16-12-28)34-22-42-38(44-34)32(26(7)8)18-36(46)40-20-24(3)4/h9-16,21-26,31-32H,17-20H2,1-8H3,(H,39,45)(H,40,46)(H,41,43)(H,42,44). The van der Waals surface area contributed by atoms with Gasteiger partial charge in [-0.2, -0.15) is 0 Å². The van der Waals surface area contributed by atoms with Crippen molar-refractivity contribution in [2.75, 3.05) is 13.1 Å². The van der Waals surface area contributed by atoms with Crippen LogP contribution in [0.25, 0.3) is 33.6 Å². The lowest BCUT2D eigenvalue weighted by Gasteiger charge is -2.18. The third-order valence-corrected chi connectivity index (χ3v) is 8.45. The van der Waals surface area contributed by atoms with Gasteiger partial charge in [0.05, 0.1) is 23.8 Å². The Labute approximate surface area is 274 Å². The topological polar surface area (TPSA) is 116 Å². The number of hydrogen-bond donors (Lipinski definition) is 4. The SMILES string of the molecule is CC(C)CNC(=O)CC(c1ncc(-c2ccc(-c3ccc(-c4cnc(C(CC(=O)NCC(C)C)C(C)C)[nH]4)cc3)cc2)[nH]1)C(C)C. The highest BCUT2D eigenvalue weighted by Crippen LogP contribution is 2.31. The molecule has 2 heterocycles. The molecule has 8 heteroatoms. The zero-order chi connectivity index (χ0) is 33.4. The highest BCUT2D eigenvalue weighted by Gasteiger charge is 2.24. The van der Waals surface area contributed by atoms with E-state index in [2.05, 4.69) is 134 Å². The first-order chi connectivity index (χ1) is 21.9. The second-order valence-electron chi connectivity index (χ2n) is 14.0. The number of H-pyrrole nitrogens is 2. The van der Waals surface area contributed by atoms with Crippen LogP contribution in [0, 0.1) is 23.7 Å². The van der Waals surface area contributed by atoms with Crippen LogP contribution in [0.3, 0.4) is 0 Å². The summed E-state index contributed by atoms with van der Waals surface area (Å²) < 4.78 is 0. The number of carbonyl (C=O) groups is 2. The van der Waals surface area contributed by atoms with Crippen LogP contribution >= 0.6 is 0 Å². The third kappa shape index (κ3) is 9.41. The summed E-state index contributed by atoms with van der Waals surface area (Å²) in [6.07, 6.45) is 4.56. The first-order valence-electron chi connectivity index (χ1n) is 16.8. The normalized spacial score (nSPS) is 13.0. The largest absolute Gasteiger partial charge is 0.356 e. The first-order valence-corrected chi connectivity index (χ1v) is 16.8. The minimum absolute atomic E-state index is 0.0233. The van der Waals surface area contributed by atoms with Gasteiger partial charge in [0, 0.05) is 37.8 Å². The summed E-state index contributed by atoms with van der Waals surface area (Å²) in [5.74, 6) is 3.27. The van der Waals surface area contributed by atoms with E-state index in [-0.39, 0.29) is 35.5 Å². The van der Waals surface area contributed by atoms with Gasteiger partial charge in [0.25, 0.3) is 0 Å². The van der Waals surface area contributed by atoms with Gasteiger partial charge in [-0.05, 0) is 45.9 Å². The molecule has 246 valence electrons. The third-order valence-electron chi connectivity index (χ3n) is 8.45. The second-order valence-corrected chi connectivity index (χ2v) is 14.0. The lowest BCUT2D eigenvalue weighted by atomic mass is 9.91. The van der Waals surface area contributed by atoms with Crippen LogP contribution in [0.4, 0.5) is 0 Å². The molecule has 0 fully saturated rings. The highest BCUT2D eigenvalue weighted by atomic mass is 16.2. The van der Waals surface area contributed by atoms with E-state index in [4.69, 9.17) is 0 Å². The number of aromatic nitrogens is 4. The Bertz CT molecular complexity index is 1430. The number of imidazole rings is 2. The van der Waals surface area contributed by atoms with Crippen LogP contribution in [0.2, 0.25) is 0 Å². The van der Waals surface area contributed by atoms with Gasteiger partial charge < -0.3 is 20.6 Å². The molecular weight excluding hydrogens is 572 g/mol. The van der Waals surface area contributed by atoms with Gasteiger partial charge in [0.2, 0.25) is 11.8 Å². The zero-order valence-electron chi connectivity index (χ0n) is 28.8. The average Bonchev–Trinajstić information content (AvgIpc) is 3.71. The van der Waals surface area contributed by atoms with Crippen molar-refractivity contribution in [3.05, 3.63) is 72.6 Å². The fourth-order valence-corrected chi connectivity index (χ4v) is 5.50. The van der Waals surface area contributed by atoms with E-state index in [9.17, 15) is 9.59 Å². The molecule has 0 saturated heterocycles. The molecule has 2 aromatic heterocycles. The quantitative estimate of drug-likeness (QED) is 0.107. The van der Waals surface area contributed by atoms with Crippen LogP contribution in [-0.2, 0) is 9.59 Å². The molecule has 0 radical (unpaired) electrons. The average molecular weight is 625 g/mol. The number of benzene rings is 2. The van der Waals surface area contributed by atoms with Gasteiger partial charge in [0.1, 0.15) is 11.6 Å². The summed E-state index contributed by atoms with van der Waals surface area (Å²) in [4.78, 5) is 41.4. The second kappa shape index (κ2) is 15.9. The van der Waals surface area contributed by atoms with Crippen molar-refractivity contribution in [2.24, 2.45) is 23.7 Å². The Balaban J connectivity index is 1.42. The maximum absolute atomic E-state index is 12.5. The van der Waals surface area contributed by atoms with Gasteiger partial charge in [0.15, 0.2) is 0 Å². The van der Waals surface area contributed by atoms with Gasteiger partial charge in [-0.3, -0.25) is 9.59 Å². The first kappa shape index (κ1) is 34.7. The van der Waals surface area contributed by atoms with Crippen molar-refractivity contribution in [2.45, 2.75) is 80.1 Å². The lowest BCUT2D eigenvalue weighted by molar-refractivity contribution is -0.122. The molecule has 0 aliphatic heterocycles. The highest BCUT2D eigenvalue weighted by molar-refractivity contribution is 5.77. The Kier molecular flexibility index (Phi) is 12.0. The summed E-state index contributed by atoms with van der Waals surface area (Å²) in [5.41, 5.74) is 6.22. The van der Waals surface area contributed by atoms with E-state index in [1.54, 1.807) is 0 Å². The summed E-state index contributed by atoms with van der Waals surface area (Å²) in [5, 5.41) is 6.07. The van der Waals surface area contributed by atoms with Crippen LogP contribution in [-0.4, -0.2) is 44.8 Å². The fourth-order valence-electron chi connectivity index (χ4n) is 5.50. The minimum atomic E-state index is 0.0233. The number of amides is 2. The molecule has 2 amide bonds. The van der Waals surface area contributed by atoms with Crippen molar-refractivity contribution in [3.8, 4) is 33.6 Å². The monoisotopic (exact) mass is 624 g/mol. The molecule has 0 saturated carbocycles. The van der Waals surface area contributed by atoms with Crippen molar-refractivity contribution in [1.82, 2.24) is 30.6 Å². The Morgan fingerprint density at radius 3 is 1.20 bits per heavy atom. The molecule has 2 unspecified atom stereocenters. The van der Waals surface area contributed by atoms with Gasteiger partial charge in [-0.1, -0.05) is 104 Å². The molecule has 0 aliphatic rings. The van der Waals surface area contributed by atoms with E-state index in [0.29, 0.717) is 37.8 Å². The number of nitrogens with one attached hydrogen (secondary N) is 4. The van der Waals surface area contributed by atoms with Gasteiger partial charge in [-0.15, -0.1) is 0 Å². The fraction of sp³-hybridized carbons (Fsp3) is 0.474. The number of carbonyl (C=O) groups excluding carboxylic acids is 2. The molecule has 0 spiro atoms. The molecule has 4 rings (SSSR count). The molecule has 4 N–H and O–H groups in total. The van der Waals surface area contributed by atoms with Crippen LogP contribution in [0.1, 0.15) is 91.7 Å². The molecule has 2 aromatic carbocycles. The number of aromatic amines is 2. The van der Waals surface area contributed by atoms with E-state index in [1.165, 1.54) is 0 Å². The van der Waals surface area contributed by atoms with Crippen molar-refractivity contribution >= 4 is 11.8 Å². The van der Waals surface area contributed by atoms with E-state index >= 15 is 0 Å². The summed E-state index contributed by atoms with van der Waals surface area (Å²) in [6.45, 7) is 18.3. The Hall–Kier alpha value is -4.20. The van der Waals surface area contributed by atoms with Crippen LogP contribution < -0.4 is 10.6 Å². The number of nitrogens with zero attached hydrogens (tertiary/aromatic N) is 2. The predicted octanol–water partition coefficient (Wildman–Crippen LogP) is 7.94. The molecule has 0 bridgehead atoms. The van der Waals surface area contributed by atoms with E-state index < -0.39 is 0 Å². The van der Waals surface area contributed by atoms with Crippen molar-refractivity contribution in [3.63, 3.8) is 0 Å². The molecule has 46 heavy (non-hydrogen) atoms. The summed E-state index contributed by atoms with van der Waals surface area (Å²) >= 11 is 0. The Morgan fingerprint density at radius 2 is 0.891 bits per heavy atom. The number of rotatable bonds is 15. The molecular formula is C38H52N6O2. The van der Waals surface area contributed by atoms with Crippen molar-refractivity contribution < 1.29 is 9.59 Å². The van der Waals surface area contributed by atoms with E-state index in [1.807, 2.05) is 12.4 Å². The number of hydrogen-bond acceptors (Lipinski definition) is 4. The minimum Gasteiger partial charge on any atom is -0.356 e. The zero-order valence-corrected chi connectivity index (χ0v) is 28.8. The summed E-state index contributed by atoms with van der Waals surface area (Å²) in [6, 6.07) is 16.9. The maximum Gasteiger partial charge on any atom is 0.220 e. The lowest BCUT2D eigenvalue weighted by Crippen LogP contribution is -2.29. The van der Waals surface area contributed by atoms with Gasteiger partial charge in [-0.25, -0.2) is 9.97 Å². The van der Waals surface area contributed by atoms with Crippen LogP contribution in [0.15, 0.2) is 60.9 Å². The van der Waals surface area contributed by atoms with Gasteiger partial charge >= 0.3 is 0 Å². The van der Waals surface area contributed by atoms with Crippen molar-refractivity contribution in [1.29, 1.82) is 0 Å². The molecule has 2 atom stereocenters. The maximum atomic E-state index is 12.5. The predicted molar refractivity (Wildman–Crippen MR) is 187 cm³/mol. The Morgan fingerprint density at radius 1 is 0.565 bits per heavy atom. The molecule has 0 aliphatic carbocycles. The molecule has 8 nitrogen and oxygen atoms in total. The molecule has 4 aromatic rings.